The highest BCUT2D eigenvalue weighted by Crippen LogP contribution is 2.53. The first-order chi connectivity index (χ1) is 53.9. The maximum Gasteiger partial charge on any atom is 0.252 e. The monoisotopic (exact) mass is 1460 g/mol. The molecule has 2 aliphatic heterocycles. The standard InChI is InChI=1S/C108H97BN4/c1-103(2,3)63-35-42-69(43-36-63)110-92-51-41-68(108(16,17)18)59-86(92)109-87-61-85-77-32-22-20-28-73(77)75-30-24-26-34-79(75)98(85)100-99-93(52-46-80-76-31-21-19-27-72(76)74-29-23-25-33-78(74)97(80)99)113(102(87)100)96-54-62(53-95(110)101(96)109)71-45-44-70(111-88-47-37-64(104(4,5)6)55-81(88)82-56-65(105(7,8)9)38-48-89(82)111)60-94(71)112-90-49-39-66(106(10,11)12)57-83(90)84-58-67(107(13,14)15)40-50-91(84)112/h19-61H,1-18H3. The van der Waals surface area contributed by atoms with Crippen LogP contribution in [-0.4, -0.2) is 20.4 Å². The summed E-state index contributed by atoms with van der Waals surface area (Å²) in [6.45, 7) is 42.1. The Morgan fingerprint density at radius 3 is 1.06 bits per heavy atom. The summed E-state index contributed by atoms with van der Waals surface area (Å²) in [6, 6.07) is 104. The van der Waals surface area contributed by atoms with Crippen molar-refractivity contribution in [1.29, 1.82) is 0 Å². The molecule has 4 nitrogen and oxygen atoms in total. The van der Waals surface area contributed by atoms with Gasteiger partial charge < -0.3 is 18.6 Å². The molecule has 113 heavy (non-hydrogen) atoms. The molecular formula is C108H97BN4. The quantitative estimate of drug-likeness (QED) is 0.127. The van der Waals surface area contributed by atoms with Crippen LogP contribution >= 0.6 is 0 Å². The summed E-state index contributed by atoms with van der Waals surface area (Å²) in [5.41, 5.74) is 27.8. The summed E-state index contributed by atoms with van der Waals surface area (Å²) in [5.74, 6) is 0. The van der Waals surface area contributed by atoms with Crippen molar-refractivity contribution in [1.82, 2.24) is 13.7 Å². The Hall–Kier alpha value is -11.7. The van der Waals surface area contributed by atoms with Crippen LogP contribution in [0.1, 0.15) is 158 Å². The molecule has 0 fully saturated rings. The van der Waals surface area contributed by atoms with E-state index >= 15 is 0 Å². The molecular weight excluding hydrogens is 1360 g/mol. The first kappa shape index (κ1) is 69.3. The third kappa shape index (κ3) is 10.1. The van der Waals surface area contributed by atoms with Crippen molar-refractivity contribution in [3.05, 3.63) is 294 Å². The number of fused-ring (bicyclic) bond motifs is 27. The van der Waals surface area contributed by atoms with E-state index in [0.29, 0.717) is 0 Å². The van der Waals surface area contributed by atoms with Crippen LogP contribution in [0, 0.1) is 0 Å². The highest BCUT2D eigenvalue weighted by Gasteiger charge is 2.45. The van der Waals surface area contributed by atoms with Crippen LogP contribution in [0.25, 0.3) is 158 Å². The van der Waals surface area contributed by atoms with Gasteiger partial charge in [-0.15, -0.1) is 0 Å². The Kier molecular flexibility index (Phi) is 14.4. The second-order valence-electron chi connectivity index (χ2n) is 39.3. The number of anilines is 3. The Bertz CT molecular complexity index is 7230. The van der Waals surface area contributed by atoms with Crippen molar-refractivity contribution in [2.45, 2.75) is 157 Å². The lowest BCUT2D eigenvalue weighted by Gasteiger charge is -2.41. The van der Waals surface area contributed by atoms with Gasteiger partial charge in [-0.3, -0.25) is 0 Å². The van der Waals surface area contributed by atoms with Crippen molar-refractivity contribution >= 4 is 170 Å². The van der Waals surface area contributed by atoms with E-state index in [-0.39, 0.29) is 39.2 Å². The van der Waals surface area contributed by atoms with E-state index in [1.165, 1.54) is 197 Å². The van der Waals surface area contributed by atoms with Crippen LogP contribution in [0.3, 0.4) is 0 Å². The highest BCUT2D eigenvalue weighted by atomic mass is 15.2. The summed E-state index contributed by atoms with van der Waals surface area (Å²) in [4.78, 5) is 2.66. The number of rotatable bonds is 4. The Balaban J connectivity index is 0.968. The van der Waals surface area contributed by atoms with E-state index in [9.17, 15) is 0 Å². The number of aromatic nitrogens is 3. The van der Waals surface area contributed by atoms with E-state index < -0.39 is 0 Å². The van der Waals surface area contributed by atoms with Crippen molar-refractivity contribution in [3.8, 4) is 28.2 Å². The molecule has 19 aromatic rings. The molecule has 0 bridgehead atoms. The lowest BCUT2D eigenvalue weighted by atomic mass is 9.33. The molecule has 0 aliphatic carbocycles. The maximum absolute atomic E-state index is 2.78. The average molecular weight is 1460 g/mol. The van der Waals surface area contributed by atoms with Gasteiger partial charge in [-0.2, -0.15) is 0 Å². The first-order valence-electron chi connectivity index (χ1n) is 41.0. The minimum atomic E-state index is -0.185. The smallest absolute Gasteiger partial charge is 0.252 e. The number of nitrogens with zero attached hydrogens (tertiary/aromatic N) is 4. The molecule has 0 N–H and O–H groups in total. The van der Waals surface area contributed by atoms with Gasteiger partial charge in [0.05, 0.1) is 38.8 Å². The predicted molar refractivity (Wildman–Crippen MR) is 491 cm³/mol. The molecule has 0 saturated heterocycles. The second-order valence-corrected chi connectivity index (χ2v) is 39.3. The highest BCUT2D eigenvalue weighted by molar-refractivity contribution is 7.00. The minimum Gasteiger partial charge on any atom is -0.311 e. The van der Waals surface area contributed by atoms with Crippen molar-refractivity contribution in [3.63, 3.8) is 0 Å². The van der Waals surface area contributed by atoms with Gasteiger partial charge in [-0.05, 0) is 239 Å². The van der Waals surface area contributed by atoms with Crippen molar-refractivity contribution < 1.29 is 0 Å². The van der Waals surface area contributed by atoms with Crippen LogP contribution in [0.5, 0.6) is 0 Å². The van der Waals surface area contributed by atoms with E-state index in [4.69, 9.17) is 0 Å². The van der Waals surface area contributed by atoms with Crippen LogP contribution in [-0.2, 0) is 32.5 Å². The van der Waals surface area contributed by atoms with Crippen LogP contribution < -0.4 is 21.3 Å². The second kappa shape index (κ2) is 23.5. The Labute approximate surface area is 664 Å². The summed E-state index contributed by atoms with van der Waals surface area (Å²) < 4.78 is 7.99. The topological polar surface area (TPSA) is 18.0 Å². The molecule has 5 heteroatoms. The van der Waals surface area contributed by atoms with Gasteiger partial charge in [0.1, 0.15) is 0 Å². The first-order valence-corrected chi connectivity index (χ1v) is 41.0. The van der Waals surface area contributed by atoms with Gasteiger partial charge in [0, 0.05) is 77.1 Å². The molecule has 552 valence electrons. The molecule has 5 heterocycles. The summed E-state index contributed by atoms with van der Waals surface area (Å²) in [6.07, 6.45) is 0. The largest absolute Gasteiger partial charge is 0.311 e. The SMILES string of the molecule is CC(C)(C)c1ccc(N2c3ccc(C(C)(C)C)cc3B3c4c2cc(-c2ccc(-n5c6ccc(C(C)(C)C)cc6c6cc(C(C)(C)C)ccc65)cc2-n2c5ccc(C(C)(C)C)cc5c5cc(C(C)(C)C)ccc52)cc4-n2c4ccc5c6ccccc6c6ccccc6c5c4c4c5c6ccccc6c6ccccc6c5cc3c42)cc1. The normalized spacial score (nSPS) is 13.7. The lowest BCUT2D eigenvalue weighted by Crippen LogP contribution is -2.60. The van der Waals surface area contributed by atoms with Gasteiger partial charge in [-0.1, -0.05) is 288 Å². The fourth-order valence-corrected chi connectivity index (χ4v) is 20.0. The predicted octanol–water partition coefficient (Wildman–Crippen LogP) is 28.0. The third-order valence-corrected chi connectivity index (χ3v) is 26.1. The van der Waals surface area contributed by atoms with Crippen LogP contribution in [0.4, 0.5) is 17.1 Å². The molecule has 16 aromatic carbocycles. The number of hydrogen-bond acceptors (Lipinski definition) is 1. The van der Waals surface area contributed by atoms with Crippen molar-refractivity contribution in [2.75, 3.05) is 4.90 Å². The third-order valence-electron chi connectivity index (χ3n) is 26.1. The maximum atomic E-state index is 2.78. The average Bonchev–Trinajstić information content (AvgIpc) is 1.53. The molecule has 3 aromatic heterocycles. The molecule has 0 spiro atoms. The van der Waals surface area contributed by atoms with E-state index in [0.717, 1.165) is 28.2 Å². The zero-order valence-corrected chi connectivity index (χ0v) is 68.7. The molecule has 0 amide bonds. The van der Waals surface area contributed by atoms with Gasteiger partial charge in [0.25, 0.3) is 6.71 Å². The minimum absolute atomic E-state index is 0.0542. The zero-order valence-electron chi connectivity index (χ0n) is 68.7. The molecule has 0 radical (unpaired) electrons. The number of hydrogen-bond donors (Lipinski definition) is 0. The van der Waals surface area contributed by atoms with Gasteiger partial charge in [0.2, 0.25) is 0 Å². The van der Waals surface area contributed by atoms with Gasteiger partial charge >= 0.3 is 0 Å². The van der Waals surface area contributed by atoms with Gasteiger partial charge in [0.15, 0.2) is 0 Å². The Morgan fingerprint density at radius 2 is 0.593 bits per heavy atom. The number of benzene rings is 16. The fraction of sp³-hybridized carbons (Fsp3) is 0.222. The van der Waals surface area contributed by atoms with E-state index in [2.05, 4.69) is 404 Å². The fourth-order valence-electron chi connectivity index (χ4n) is 20.0. The molecule has 0 atom stereocenters. The molecule has 0 unspecified atom stereocenters. The Morgan fingerprint density at radius 1 is 0.221 bits per heavy atom. The lowest BCUT2D eigenvalue weighted by molar-refractivity contribution is 0.590. The summed E-state index contributed by atoms with van der Waals surface area (Å²) in [5, 5.41) is 22.9. The van der Waals surface area contributed by atoms with Crippen molar-refractivity contribution in [2.24, 2.45) is 0 Å². The summed E-state index contributed by atoms with van der Waals surface area (Å²) in [7, 11) is 0. The molecule has 2 aliphatic rings. The van der Waals surface area contributed by atoms with E-state index in [1.807, 2.05) is 0 Å². The molecule has 0 saturated carbocycles. The van der Waals surface area contributed by atoms with E-state index in [1.54, 1.807) is 0 Å². The zero-order chi connectivity index (χ0) is 78.0. The molecule has 21 rings (SSSR count). The summed E-state index contributed by atoms with van der Waals surface area (Å²) >= 11 is 0. The van der Waals surface area contributed by atoms with Crippen LogP contribution in [0.15, 0.2) is 261 Å². The van der Waals surface area contributed by atoms with Crippen LogP contribution in [0.2, 0.25) is 0 Å². The van der Waals surface area contributed by atoms with Gasteiger partial charge in [-0.25, -0.2) is 0 Å².